The Morgan fingerprint density at radius 2 is 1.88 bits per heavy atom. The second-order valence-electron chi connectivity index (χ2n) is 6.19. The number of hydrogen-bond acceptors (Lipinski definition) is 4. The summed E-state index contributed by atoms with van der Waals surface area (Å²) in [6.45, 7) is 7.72. The van der Waals surface area contributed by atoms with Crippen molar-refractivity contribution in [3.05, 3.63) is 29.3 Å². The molecule has 134 valence electrons. The van der Waals surface area contributed by atoms with E-state index in [0.29, 0.717) is 38.4 Å². The standard InChI is InChI=1S/C17H26N2O4S/c1-5-16(17(20)18-8-10-23-11-9-18)19(24(4,21)22)15-7-6-13(2)14(3)12-15/h6-7,12,16H,5,8-11H2,1-4H3/t16-/m1/s1. The quantitative estimate of drug-likeness (QED) is 0.807. The van der Waals surface area contributed by atoms with Crippen LogP contribution < -0.4 is 4.31 Å². The van der Waals surface area contributed by atoms with Gasteiger partial charge in [-0.3, -0.25) is 9.10 Å². The van der Waals surface area contributed by atoms with Gasteiger partial charge < -0.3 is 9.64 Å². The Labute approximate surface area is 144 Å². The van der Waals surface area contributed by atoms with Gasteiger partial charge in [0, 0.05) is 13.1 Å². The average Bonchev–Trinajstić information content (AvgIpc) is 2.54. The van der Waals surface area contributed by atoms with Gasteiger partial charge in [-0.1, -0.05) is 13.0 Å². The summed E-state index contributed by atoms with van der Waals surface area (Å²) in [7, 11) is -3.59. The first kappa shape index (κ1) is 18.7. The number of ether oxygens (including phenoxy) is 1. The Morgan fingerprint density at radius 1 is 1.25 bits per heavy atom. The van der Waals surface area contributed by atoms with Gasteiger partial charge in [-0.05, 0) is 43.5 Å². The van der Waals surface area contributed by atoms with Crippen molar-refractivity contribution in [1.29, 1.82) is 0 Å². The van der Waals surface area contributed by atoms with Crippen molar-refractivity contribution < 1.29 is 17.9 Å². The van der Waals surface area contributed by atoms with E-state index >= 15 is 0 Å². The third kappa shape index (κ3) is 4.08. The molecule has 1 aliphatic heterocycles. The number of nitrogens with zero attached hydrogens (tertiary/aromatic N) is 2. The monoisotopic (exact) mass is 354 g/mol. The van der Waals surface area contributed by atoms with Crippen LogP contribution in [0.25, 0.3) is 0 Å². The van der Waals surface area contributed by atoms with Crippen LogP contribution in [0.2, 0.25) is 0 Å². The number of anilines is 1. The molecule has 1 fully saturated rings. The third-order valence-corrected chi connectivity index (χ3v) is 5.56. The molecular weight excluding hydrogens is 328 g/mol. The highest BCUT2D eigenvalue weighted by Crippen LogP contribution is 2.26. The molecule has 1 heterocycles. The minimum atomic E-state index is -3.59. The topological polar surface area (TPSA) is 66.9 Å². The molecule has 1 aromatic carbocycles. The highest BCUT2D eigenvalue weighted by atomic mass is 32.2. The average molecular weight is 354 g/mol. The van der Waals surface area contributed by atoms with E-state index in [-0.39, 0.29) is 5.91 Å². The van der Waals surface area contributed by atoms with E-state index < -0.39 is 16.1 Å². The fraction of sp³-hybridized carbons (Fsp3) is 0.588. The van der Waals surface area contributed by atoms with Crippen LogP contribution in [-0.4, -0.2) is 57.8 Å². The lowest BCUT2D eigenvalue weighted by molar-refractivity contribution is -0.136. The Kier molecular flexibility index (Phi) is 5.87. The highest BCUT2D eigenvalue weighted by molar-refractivity contribution is 7.92. The summed E-state index contributed by atoms with van der Waals surface area (Å²) in [5.74, 6) is -0.163. The molecule has 0 bridgehead atoms. The summed E-state index contributed by atoms with van der Waals surface area (Å²) in [5.41, 5.74) is 2.61. The third-order valence-electron chi connectivity index (χ3n) is 4.38. The Balaban J connectivity index is 2.41. The van der Waals surface area contributed by atoms with E-state index in [1.54, 1.807) is 11.0 Å². The smallest absolute Gasteiger partial charge is 0.246 e. The molecule has 1 aliphatic rings. The predicted octanol–water partition coefficient (Wildman–Crippen LogP) is 1.71. The molecule has 6 nitrogen and oxygen atoms in total. The molecule has 7 heteroatoms. The molecule has 0 saturated carbocycles. The van der Waals surface area contributed by atoms with E-state index in [1.165, 1.54) is 4.31 Å². The summed E-state index contributed by atoms with van der Waals surface area (Å²) in [4.78, 5) is 14.6. The van der Waals surface area contributed by atoms with E-state index in [1.807, 2.05) is 32.9 Å². The van der Waals surface area contributed by atoms with E-state index in [2.05, 4.69) is 0 Å². The lowest BCUT2D eigenvalue weighted by Crippen LogP contribution is -2.53. The van der Waals surface area contributed by atoms with Crippen molar-refractivity contribution in [2.45, 2.75) is 33.2 Å². The van der Waals surface area contributed by atoms with Crippen molar-refractivity contribution >= 4 is 21.6 Å². The predicted molar refractivity (Wildman–Crippen MR) is 94.7 cm³/mol. The molecular formula is C17H26N2O4S. The maximum Gasteiger partial charge on any atom is 0.246 e. The van der Waals surface area contributed by atoms with Crippen LogP contribution in [0.15, 0.2) is 18.2 Å². The van der Waals surface area contributed by atoms with Crippen molar-refractivity contribution in [1.82, 2.24) is 4.90 Å². The zero-order valence-corrected chi connectivity index (χ0v) is 15.6. The van der Waals surface area contributed by atoms with Gasteiger partial charge in [-0.15, -0.1) is 0 Å². The normalized spacial score (nSPS) is 16.8. The summed E-state index contributed by atoms with van der Waals surface area (Å²) >= 11 is 0. The largest absolute Gasteiger partial charge is 0.378 e. The zero-order chi connectivity index (χ0) is 17.9. The second-order valence-corrected chi connectivity index (χ2v) is 8.05. The molecule has 0 unspecified atom stereocenters. The van der Waals surface area contributed by atoms with E-state index in [0.717, 1.165) is 17.4 Å². The molecule has 2 rings (SSSR count). The SMILES string of the molecule is CC[C@H](C(=O)N1CCOCC1)N(c1ccc(C)c(C)c1)S(C)(=O)=O. The molecule has 1 saturated heterocycles. The number of amides is 1. The lowest BCUT2D eigenvalue weighted by atomic mass is 10.1. The Bertz CT molecular complexity index is 697. The van der Waals surface area contributed by atoms with Crippen molar-refractivity contribution in [2.24, 2.45) is 0 Å². The zero-order valence-electron chi connectivity index (χ0n) is 14.8. The first-order valence-electron chi connectivity index (χ1n) is 8.19. The minimum absolute atomic E-state index is 0.163. The van der Waals surface area contributed by atoms with Crippen LogP contribution in [0.3, 0.4) is 0 Å². The van der Waals surface area contributed by atoms with Gasteiger partial charge in [-0.25, -0.2) is 8.42 Å². The van der Waals surface area contributed by atoms with Crippen LogP contribution in [-0.2, 0) is 19.6 Å². The summed E-state index contributed by atoms with van der Waals surface area (Å²) in [5, 5.41) is 0. The fourth-order valence-electron chi connectivity index (χ4n) is 2.90. The molecule has 0 radical (unpaired) electrons. The van der Waals surface area contributed by atoms with Gasteiger partial charge in [0.25, 0.3) is 0 Å². The van der Waals surface area contributed by atoms with Crippen LogP contribution in [0.4, 0.5) is 5.69 Å². The Morgan fingerprint density at radius 3 is 2.38 bits per heavy atom. The lowest BCUT2D eigenvalue weighted by Gasteiger charge is -2.35. The van der Waals surface area contributed by atoms with Gasteiger partial charge in [0.05, 0.1) is 25.2 Å². The number of hydrogen-bond donors (Lipinski definition) is 0. The summed E-state index contributed by atoms with van der Waals surface area (Å²) in [6.07, 6.45) is 1.56. The second kappa shape index (κ2) is 7.53. The van der Waals surface area contributed by atoms with Crippen LogP contribution >= 0.6 is 0 Å². The Hall–Kier alpha value is -1.60. The van der Waals surface area contributed by atoms with Gasteiger partial charge in [0.2, 0.25) is 15.9 Å². The van der Waals surface area contributed by atoms with Crippen molar-refractivity contribution in [3.63, 3.8) is 0 Å². The molecule has 1 amide bonds. The molecule has 24 heavy (non-hydrogen) atoms. The van der Waals surface area contributed by atoms with E-state index in [9.17, 15) is 13.2 Å². The molecule has 0 aromatic heterocycles. The maximum absolute atomic E-state index is 12.9. The number of rotatable bonds is 5. The van der Waals surface area contributed by atoms with Gasteiger partial charge in [-0.2, -0.15) is 0 Å². The number of carbonyl (C=O) groups excluding carboxylic acids is 1. The summed E-state index contributed by atoms with van der Waals surface area (Å²) in [6, 6.07) is 4.74. The van der Waals surface area contributed by atoms with Crippen LogP contribution in [0.1, 0.15) is 24.5 Å². The summed E-state index contributed by atoms with van der Waals surface area (Å²) < 4.78 is 31.4. The highest BCUT2D eigenvalue weighted by Gasteiger charge is 2.34. The van der Waals surface area contributed by atoms with Crippen molar-refractivity contribution in [3.8, 4) is 0 Å². The first-order valence-corrected chi connectivity index (χ1v) is 10.0. The minimum Gasteiger partial charge on any atom is -0.378 e. The fourth-order valence-corrected chi connectivity index (χ4v) is 4.10. The van der Waals surface area contributed by atoms with E-state index in [4.69, 9.17) is 4.74 Å². The number of morpholine rings is 1. The maximum atomic E-state index is 12.9. The van der Waals surface area contributed by atoms with Gasteiger partial charge in [0.15, 0.2) is 0 Å². The molecule has 0 aliphatic carbocycles. The first-order chi connectivity index (χ1) is 11.3. The number of aryl methyl sites for hydroxylation is 2. The molecule has 0 N–H and O–H groups in total. The van der Waals surface area contributed by atoms with Crippen LogP contribution in [0, 0.1) is 13.8 Å². The number of carbonyl (C=O) groups is 1. The molecule has 1 aromatic rings. The van der Waals surface area contributed by atoms with Crippen molar-refractivity contribution in [2.75, 3.05) is 36.9 Å². The van der Waals surface area contributed by atoms with Gasteiger partial charge >= 0.3 is 0 Å². The van der Waals surface area contributed by atoms with Crippen LogP contribution in [0.5, 0.6) is 0 Å². The molecule has 1 atom stereocenters. The molecule has 0 spiro atoms. The number of benzene rings is 1. The number of sulfonamides is 1. The van der Waals surface area contributed by atoms with Gasteiger partial charge in [0.1, 0.15) is 6.04 Å².